The molecule has 6 nitrogen and oxygen atoms in total. The van der Waals surface area contributed by atoms with Crippen LogP contribution < -0.4 is 10.6 Å². The van der Waals surface area contributed by atoms with Crippen molar-refractivity contribution < 1.29 is 4.79 Å². The summed E-state index contributed by atoms with van der Waals surface area (Å²) in [4.78, 5) is 16.7. The lowest BCUT2D eigenvalue weighted by Crippen LogP contribution is -2.53. The molecule has 6 heteroatoms. The fraction of sp³-hybridized carbons (Fsp3) is 0.500. The zero-order chi connectivity index (χ0) is 13.7. The lowest BCUT2D eigenvalue weighted by atomic mass is 9.86. The van der Waals surface area contributed by atoms with Gasteiger partial charge in [0.15, 0.2) is 5.65 Å². The van der Waals surface area contributed by atoms with E-state index in [1.54, 1.807) is 10.7 Å². The molecular weight excluding hydrogens is 254 g/mol. The number of fused-ring (bicyclic) bond motifs is 2. The molecule has 0 radical (unpaired) electrons. The molecule has 0 spiro atoms. The largest absolute Gasteiger partial charge is 0.299 e. The van der Waals surface area contributed by atoms with Crippen molar-refractivity contribution in [1.29, 1.82) is 0 Å². The summed E-state index contributed by atoms with van der Waals surface area (Å²) in [5.74, 6) is 0.772. The molecule has 1 saturated heterocycles. The third kappa shape index (κ3) is 1.43. The zero-order valence-electron chi connectivity index (χ0n) is 11.3. The van der Waals surface area contributed by atoms with Crippen LogP contribution in [0.1, 0.15) is 18.5 Å². The second-order valence-corrected chi connectivity index (χ2v) is 5.60. The Morgan fingerprint density at radius 2 is 2.40 bits per heavy atom. The van der Waals surface area contributed by atoms with Crippen LogP contribution in [0.3, 0.4) is 0 Å². The molecule has 2 fully saturated rings. The van der Waals surface area contributed by atoms with Gasteiger partial charge in [-0.15, -0.1) is 0 Å². The maximum Gasteiger partial charge on any atom is 0.155 e. The van der Waals surface area contributed by atoms with Gasteiger partial charge in [0.25, 0.3) is 0 Å². The van der Waals surface area contributed by atoms with E-state index in [1.165, 1.54) is 0 Å². The van der Waals surface area contributed by atoms with Crippen molar-refractivity contribution >= 4 is 11.4 Å². The SMILES string of the molecule is CNC1(c2ccn3nccc3n2)NCC2C(=O)CCC21. The van der Waals surface area contributed by atoms with Crippen LogP contribution in [0.4, 0.5) is 0 Å². The predicted molar refractivity (Wildman–Crippen MR) is 72.9 cm³/mol. The van der Waals surface area contributed by atoms with Gasteiger partial charge in [0.2, 0.25) is 0 Å². The number of nitrogens with zero attached hydrogens (tertiary/aromatic N) is 3. The second kappa shape index (κ2) is 4.10. The van der Waals surface area contributed by atoms with E-state index in [-0.39, 0.29) is 11.8 Å². The van der Waals surface area contributed by atoms with E-state index in [0.29, 0.717) is 12.2 Å². The average molecular weight is 271 g/mol. The molecule has 4 rings (SSSR count). The number of Topliss-reactive ketones (excluding diaryl/α,β-unsaturated/α-hetero) is 1. The maximum atomic E-state index is 12.0. The summed E-state index contributed by atoms with van der Waals surface area (Å²) in [5, 5.41) is 11.1. The lowest BCUT2D eigenvalue weighted by Gasteiger charge is -2.34. The van der Waals surface area contributed by atoms with Crippen LogP contribution in [0.5, 0.6) is 0 Å². The summed E-state index contributed by atoms with van der Waals surface area (Å²) in [6.07, 6.45) is 5.27. The number of aromatic nitrogens is 3. The molecule has 1 saturated carbocycles. The fourth-order valence-corrected chi connectivity index (χ4v) is 3.80. The molecule has 1 aliphatic carbocycles. The van der Waals surface area contributed by atoms with Crippen LogP contribution in [0.25, 0.3) is 5.65 Å². The summed E-state index contributed by atoms with van der Waals surface area (Å²) in [6.45, 7) is 0.733. The molecule has 2 aromatic rings. The van der Waals surface area contributed by atoms with E-state index < -0.39 is 5.66 Å². The van der Waals surface area contributed by atoms with E-state index >= 15 is 0 Å². The van der Waals surface area contributed by atoms with Gasteiger partial charge >= 0.3 is 0 Å². The van der Waals surface area contributed by atoms with Crippen LogP contribution >= 0.6 is 0 Å². The van der Waals surface area contributed by atoms with Crippen molar-refractivity contribution in [1.82, 2.24) is 25.2 Å². The molecule has 0 amide bonds. The summed E-state index contributed by atoms with van der Waals surface area (Å²) < 4.78 is 1.75. The molecule has 0 bridgehead atoms. The summed E-state index contributed by atoms with van der Waals surface area (Å²) >= 11 is 0. The van der Waals surface area contributed by atoms with Crippen molar-refractivity contribution in [2.45, 2.75) is 18.5 Å². The number of carbonyl (C=O) groups is 1. The van der Waals surface area contributed by atoms with Gasteiger partial charge in [-0.3, -0.25) is 15.4 Å². The van der Waals surface area contributed by atoms with Crippen LogP contribution in [-0.4, -0.2) is 34.0 Å². The number of nitrogens with one attached hydrogen (secondary N) is 2. The minimum atomic E-state index is -0.400. The van der Waals surface area contributed by atoms with E-state index in [2.05, 4.69) is 15.7 Å². The minimum absolute atomic E-state index is 0.116. The van der Waals surface area contributed by atoms with Crippen molar-refractivity contribution in [3.63, 3.8) is 0 Å². The Morgan fingerprint density at radius 1 is 1.50 bits per heavy atom. The molecule has 2 N–H and O–H groups in total. The van der Waals surface area contributed by atoms with Gasteiger partial charge in [-0.05, 0) is 19.5 Å². The van der Waals surface area contributed by atoms with E-state index in [4.69, 9.17) is 4.98 Å². The predicted octanol–water partition coefficient (Wildman–Crippen LogP) is 0.300. The Hall–Kier alpha value is -1.79. The van der Waals surface area contributed by atoms with Crippen molar-refractivity contribution in [2.75, 3.05) is 13.6 Å². The molecule has 3 unspecified atom stereocenters. The van der Waals surface area contributed by atoms with Crippen molar-refractivity contribution in [2.24, 2.45) is 11.8 Å². The van der Waals surface area contributed by atoms with Gasteiger partial charge in [-0.2, -0.15) is 5.10 Å². The quantitative estimate of drug-likeness (QED) is 0.822. The van der Waals surface area contributed by atoms with Crippen molar-refractivity contribution in [3.05, 3.63) is 30.2 Å². The smallest absolute Gasteiger partial charge is 0.155 e. The Morgan fingerprint density at radius 3 is 3.25 bits per heavy atom. The highest BCUT2D eigenvalue weighted by Crippen LogP contribution is 2.44. The van der Waals surface area contributed by atoms with Crippen LogP contribution in [-0.2, 0) is 10.5 Å². The van der Waals surface area contributed by atoms with Crippen molar-refractivity contribution in [3.8, 4) is 0 Å². The minimum Gasteiger partial charge on any atom is -0.299 e. The Balaban J connectivity index is 1.82. The summed E-state index contributed by atoms with van der Waals surface area (Å²) in [7, 11) is 1.93. The normalized spacial score (nSPS) is 33.0. The molecule has 3 atom stereocenters. The number of carbonyl (C=O) groups excluding carboxylic acids is 1. The molecular formula is C14H17N5O. The number of rotatable bonds is 2. The van der Waals surface area contributed by atoms with E-state index in [1.807, 2.05) is 25.4 Å². The first-order valence-electron chi connectivity index (χ1n) is 7.02. The monoisotopic (exact) mass is 271 g/mol. The van der Waals surface area contributed by atoms with Gasteiger partial charge < -0.3 is 0 Å². The third-order valence-corrected chi connectivity index (χ3v) is 4.81. The summed E-state index contributed by atoms with van der Waals surface area (Å²) in [6, 6.07) is 3.87. The van der Waals surface area contributed by atoms with Crippen LogP contribution in [0.2, 0.25) is 0 Å². The Bertz CT molecular complexity index is 681. The molecule has 0 aromatic carbocycles. The average Bonchev–Trinajstić information content (AvgIpc) is 3.15. The van der Waals surface area contributed by atoms with Gasteiger partial charge in [-0.1, -0.05) is 0 Å². The molecule has 1 aliphatic heterocycles. The van der Waals surface area contributed by atoms with Gasteiger partial charge in [0, 0.05) is 37.1 Å². The number of ketones is 1. The highest BCUT2D eigenvalue weighted by molar-refractivity contribution is 5.84. The molecule has 3 heterocycles. The Kier molecular flexibility index (Phi) is 2.46. The molecule has 104 valence electrons. The van der Waals surface area contributed by atoms with Gasteiger partial charge in [-0.25, -0.2) is 9.50 Å². The first-order valence-corrected chi connectivity index (χ1v) is 7.02. The summed E-state index contributed by atoms with van der Waals surface area (Å²) in [5.41, 5.74) is 1.37. The first-order chi connectivity index (χ1) is 9.74. The van der Waals surface area contributed by atoms with E-state index in [0.717, 1.165) is 24.3 Å². The van der Waals surface area contributed by atoms with Crippen LogP contribution in [0.15, 0.2) is 24.5 Å². The molecule has 20 heavy (non-hydrogen) atoms. The standard InChI is InChI=1S/C14H17N5O/c1-15-14(10-2-3-11(20)9(10)8-16-14)12-5-7-19-13(18-12)4-6-17-19/h4-7,9-10,15-16H,2-3,8H2,1H3. The Labute approximate surface area is 116 Å². The van der Waals surface area contributed by atoms with Gasteiger partial charge in [0.05, 0.1) is 11.9 Å². The third-order valence-electron chi connectivity index (χ3n) is 4.81. The second-order valence-electron chi connectivity index (χ2n) is 5.60. The van der Waals surface area contributed by atoms with Crippen LogP contribution in [0, 0.1) is 11.8 Å². The molecule has 2 aromatic heterocycles. The number of hydrogen-bond donors (Lipinski definition) is 2. The lowest BCUT2D eigenvalue weighted by molar-refractivity contribution is -0.120. The molecule has 2 aliphatic rings. The van der Waals surface area contributed by atoms with E-state index in [9.17, 15) is 4.79 Å². The fourth-order valence-electron chi connectivity index (χ4n) is 3.80. The highest BCUT2D eigenvalue weighted by Gasteiger charge is 2.54. The topological polar surface area (TPSA) is 71.3 Å². The highest BCUT2D eigenvalue weighted by atomic mass is 16.1. The zero-order valence-corrected chi connectivity index (χ0v) is 11.3. The van der Waals surface area contributed by atoms with Gasteiger partial charge in [0.1, 0.15) is 11.4 Å². The first kappa shape index (κ1) is 12.0. The maximum absolute atomic E-state index is 12.0. The number of hydrogen-bond acceptors (Lipinski definition) is 5.